The van der Waals surface area contributed by atoms with E-state index in [0.717, 1.165) is 5.56 Å². The number of nitrogen functional groups attached to an aromatic ring is 1. The molecule has 0 unspecified atom stereocenters. The first-order chi connectivity index (χ1) is 13.9. The van der Waals surface area contributed by atoms with Crippen LogP contribution in [0.4, 0.5) is 5.82 Å². The van der Waals surface area contributed by atoms with Crippen LogP contribution in [0.5, 0.6) is 0 Å². The molecular weight excluding hydrogens is 366 g/mol. The number of rotatable bonds is 3. The summed E-state index contributed by atoms with van der Waals surface area (Å²) in [6.07, 6.45) is 0.0512. The van der Waals surface area contributed by atoms with Gasteiger partial charge in [-0.1, -0.05) is 24.0 Å². The highest BCUT2D eigenvalue weighted by atomic mass is 16.3. The Labute approximate surface area is 168 Å². The predicted octanol–water partition coefficient (Wildman–Crippen LogP) is 1.94. The largest absolute Gasteiger partial charge is 0.382 e. The number of aromatic nitrogens is 2. The Morgan fingerprint density at radius 2 is 2.14 bits per heavy atom. The summed E-state index contributed by atoms with van der Waals surface area (Å²) in [5.74, 6) is 5.21. The molecule has 7 nitrogen and oxygen atoms in total. The number of benzene rings is 1. The van der Waals surface area contributed by atoms with Gasteiger partial charge < -0.3 is 15.7 Å². The molecule has 144 valence electrons. The van der Waals surface area contributed by atoms with Crippen LogP contribution in [0, 0.1) is 23.2 Å². The van der Waals surface area contributed by atoms with E-state index >= 15 is 0 Å². The van der Waals surface area contributed by atoms with Gasteiger partial charge in [0.2, 0.25) is 0 Å². The molecule has 1 aromatic carbocycles. The Morgan fingerprint density at radius 1 is 1.34 bits per heavy atom. The summed E-state index contributed by atoms with van der Waals surface area (Å²) < 4.78 is 0. The number of pyridine rings is 2. The topological polar surface area (TPSA) is 116 Å². The predicted molar refractivity (Wildman–Crippen MR) is 110 cm³/mol. The Morgan fingerprint density at radius 3 is 2.86 bits per heavy atom. The van der Waals surface area contributed by atoms with Crippen molar-refractivity contribution in [1.82, 2.24) is 14.9 Å². The molecule has 2 aromatic heterocycles. The van der Waals surface area contributed by atoms with Gasteiger partial charge >= 0.3 is 0 Å². The zero-order valence-electron chi connectivity index (χ0n) is 16.0. The van der Waals surface area contributed by atoms with Crippen molar-refractivity contribution < 1.29 is 9.90 Å². The third kappa shape index (κ3) is 4.16. The summed E-state index contributed by atoms with van der Waals surface area (Å²) in [6.45, 7) is 2.31. The maximum Gasteiger partial charge on any atom is 0.263 e. The number of likely N-dealkylation sites (N-methyl/N-ethyl adjacent to an activating group) is 1. The highest BCUT2D eigenvalue weighted by Crippen LogP contribution is 2.25. The molecule has 0 fully saturated rings. The first kappa shape index (κ1) is 19.8. The number of carbonyl (C=O) groups excluding carboxylic acids is 1. The molecule has 0 saturated carbocycles. The molecule has 0 spiro atoms. The number of aliphatic hydroxyl groups is 1. The van der Waals surface area contributed by atoms with Crippen LogP contribution in [0.2, 0.25) is 0 Å². The average molecular weight is 385 g/mol. The smallest absolute Gasteiger partial charge is 0.263 e. The standard InChI is InChI=1S/C22H19N5O2/c1-3-27(2)22(29)19(28)10-7-14-5-4-6-15(11-14)18-9-8-17-16(12-23)13-25-21(24)20(17)26-18/h4-6,8-9,11,13,19,28H,3H2,1-2H3,(H2,24,25)/t19-/m1/s1. The molecule has 0 aliphatic carbocycles. The maximum absolute atomic E-state index is 11.9. The van der Waals surface area contributed by atoms with Crippen LogP contribution >= 0.6 is 0 Å². The summed E-state index contributed by atoms with van der Waals surface area (Å²) in [6, 6.07) is 12.9. The van der Waals surface area contributed by atoms with Crippen molar-refractivity contribution in [3.63, 3.8) is 0 Å². The molecule has 29 heavy (non-hydrogen) atoms. The Hall–Kier alpha value is -3.94. The lowest BCUT2D eigenvalue weighted by Crippen LogP contribution is -2.35. The van der Waals surface area contributed by atoms with Crippen LogP contribution in [0.25, 0.3) is 22.2 Å². The van der Waals surface area contributed by atoms with Crippen molar-refractivity contribution >= 4 is 22.6 Å². The summed E-state index contributed by atoms with van der Waals surface area (Å²) >= 11 is 0. The minimum absolute atomic E-state index is 0.249. The van der Waals surface area contributed by atoms with Gasteiger partial charge in [-0.25, -0.2) is 9.97 Å². The Balaban J connectivity index is 1.95. The lowest BCUT2D eigenvalue weighted by atomic mass is 10.1. The van der Waals surface area contributed by atoms with E-state index in [2.05, 4.69) is 27.9 Å². The van der Waals surface area contributed by atoms with Crippen LogP contribution in [0.15, 0.2) is 42.6 Å². The molecule has 0 saturated heterocycles. The summed E-state index contributed by atoms with van der Waals surface area (Å²) in [7, 11) is 1.61. The third-order valence-corrected chi connectivity index (χ3v) is 4.48. The molecule has 0 radical (unpaired) electrons. The number of nitrogens with two attached hydrogens (primary N) is 1. The first-order valence-corrected chi connectivity index (χ1v) is 8.95. The van der Waals surface area contributed by atoms with Crippen LogP contribution in [-0.2, 0) is 4.79 Å². The van der Waals surface area contributed by atoms with Crippen molar-refractivity contribution in [2.24, 2.45) is 0 Å². The quantitative estimate of drug-likeness (QED) is 0.666. The zero-order valence-corrected chi connectivity index (χ0v) is 16.0. The van der Waals surface area contributed by atoms with Crippen LogP contribution < -0.4 is 5.73 Å². The Kier molecular flexibility index (Phi) is 5.73. The number of fused-ring (bicyclic) bond motifs is 1. The van der Waals surface area contributed by atoms with E-state index in [0.29, 0.717) is 34.3 Å². The number of anilines is 1. The monoisotopic (exact) mass is 385 g/mol. The number of carbonyl (C=O) groups is 1. The number of hydrogen-bond acceptors (Lipinski definition) is 6. The lowest BCUT2D eigenvalue weighted by Gasteiger charge is -2.15. The van der Waals surface area contributed by atoms with Gasteiger partial charge in [-0.2, -0.15) is 5.26 Å². The highest BCUT2D eigenvalue weighted by Gasteiger charge is 2.15. The van der Waals surface area contributed by atoms with E-state index in [1.807, 2.05) is 19.1 Å². The average Bonchev–Trinajstić information content (AvgIpc) is 2.76. The summed E-state index contributed by atoms with van der Waals surface area (Å²) in [5.41, 5.74) is 8.86. The van der Waals surface area contributed by atoms with Crippen LogP contribution in [-0.4, -0.2) is 45.6 Å². The van der Waals surface area contributed by atoms with Crippen molar-refractivity contribution in [2.75, 3.05) is 19.3 Å². The normalized spacial score (nSPS) is 11.2. The lowest BCUT2D eigenvalue weighted by molar-refractivity contribution is -0.135. The van der Waals surface area contributed by atoms with Gasteiger partial charge in [0.05, 0.1) is 11.3 Å². The van der Waals surface area contributed by atoms with E-state index < -0.39 is 12.0 Å². The number of hydrogen-bond donors (Lipinski definition) is 2. The van der Waals surface area contributed by atoms with Crippen LogP contribution in [0.3, 0.4) is 0 Å². The first-order valence-electron chi connectivity index (χ1n) is 8.95. The maximum atomic E-state index is 11.9. The molecule has 1 amide bonds. The fourth-order valence-corrected chi connectivity index (χ4v) is 2.72. The molecule has 0 aliphatic rings. The fraction of sp³-hybridized carbons (Fsp3) is 0.182. The molecule has 2 heterocycles. The van der Waals surface area contributed by atoms with E-state index in [1.54, 1.807) is 31.3 Å². The van der Waals surface area contributed by atoms with Crippen molar-refractivity contribution in [2.45, 2.75) is 13.0 Å². The van der Waals surface area contributed by atoms with Crippen molar-refractivity contribution in [1.29, 1.82) is 5.26 Å². The van der Waals surface area contributed by atoms with E-state index in [1.165, 1.54) is 11.1 Å². The molecular formula is C22H19N5O2. The van der Waals surface area contributed by atoms with E-state index in [-0.39, 0.29) is 5.82 Å². The second kappa shape index (κ2) is 8.39. The second-order valence-corrected chi connectivity index (χ2v) is 6.37. The molecule has 3 N–H and O–H groups in total. The fourth-order valence-electron chi connectivity index (χ4n) is 2.72. The number of nitrogens with zero attached hydrogens (tertiary/aromatic N) is 4. The van der Waals surface area contributed by atoms with E-state index in [4.69, 9.17) is 5.73 Å². The highest BCUT2D eigenvalue weighted by molar-refractivity contribution is 5.93. The van der Waals surface area contributed by atoms with Crippen LogP contribution in [0.1, 0.15) is 18.1 Å². The summed E-state index contributed by atoms with van der Waals surface area (Å²) in [5, 5.41) is 19.8. The SMILES string of the molecule is CCN(C)C(=O)[C@H](O)C#Cc1cccc(-c2ccc3c(C#N)cnc(N)c3n2)c1. The number of nitriles is 1. The molecule has 0 aliphatic heterocycles. The number of aliphatic hydroxyl groups excluding tert-OH is 1. The van der Waals surface area contributed by atoms with Crippen molar-refractivity contribution in [3.05, 3.63) is 53.7 Å². The molecule has 1 atom stereocenters. The minimum Gasteiger partial charge on any atom is -0.382 e. The Bertz CT molecular complexity index is 1190. The second-order valence-electron chi connectivity index (χ2n) is 6.37. The third-order valence-electron chi connectivity index (χ3n) is 4.48. The van der Waals surface area contributed by atoms with Gasteiger partial charge in [0.25, 0.3) is 5.91 Å². The molecule has 7 heteroatoms. The molecule has 3 aromatic rings. The van der Waals surface area contributed by atoms with Gasteiger partial charge in [0, 0.05) is 36.3 Å². The van der Waals surface area contributed by atoms with Gasteiger partial charge in [-0.15, -0.1) is 0 Å². The molecule has 0 bridgehead atoms. The van der Waals surface area contributed by atoms with Gasteiger partial charge in [-0.3, -0.25) is 4.79 Å². The van der Waals surface area contributed by atoms with E-state index in [9.17, 15) is 15.2 Å². The van der Waals surface area contributed by atoms with Gasteiger partial charge in [-0.05, 0) is 31.2 Å². The van der Waals surface area contributed by atoms with Crippen molar-refractivity contribution in [3.8, 4) is 29.2 Å². The zero-order chi connectivity index (χ0) is 21.0. The van der Waals surface area contributed by atoms with Gasteiger partial charge in [0.1, 0.15) is 17.4 Å². The minimum atomic E-state index is -1.38. The number of amides is 1. The summed E-state index contributed by atoms with van der Waals surface area (Å²) in [4.78, 5) is 21.9. The van der Waals surface area contributed by atoms with Gasteiger partial charge in [0.15, 0.2) is 6.10 Å². The molecule has 3 rings (SSSR count).